The second kappa shape index (κ2) is 11.6. The van der Waals surface area contributed by atoms with Crippen LogP contribution in [0.1, 0.15) is 84.0 Å². The van der Waals surface area contributed by atoms with Crippen LogP contribution < -0.4 is 0 Å². The molecule has 0 aromatic carbocycles. The van der Waals surface area contributed by atoms with Crippen molar-refractivity contribution in [2.75, 3.05) is 0 Å². The largest absolute Gasteiger partial charge is 0.456 e. The van der Waals surface area contributed by atoms with Crippen molar-refractivity contribution >= 4 is 34.0 Å². The smallest absolute Gasteiger partial charge is 0.405 e. The molecule has 1 heterocycles. The van der Waals surface area contributed by atoms with Crippen molar-refractivity contribution < 1.29 is 59.9 Å². The second-order valence-electron chi connectivity index (χ2n) is 9.84. The molecule has 14 heteroatoms. The first-order valence-electron chi connectivity index (χ1n) is 12.4. The number of hydrogen-bond donors (Lipinski definition) is 1. The molecule has 2 saturated carbocycles. The quantitative estimate of drug-likeness (QED) is 0.240. The highest BCUT2D eigenvalue weighted by Crippen LogP contribution is 2.46. The van der Waals surface area contributed by atoms with Crippen molar-refractivity contribution in [1.82, 2.24) is 0 Å². The summed E-state index contributed by atoms with van der Waals surface area (Å²) in [5, 5.41) is -4.74. The van der Waals surface area contributed by atoms with Crippen LogP contribution in [0.5, 0.6) is 0 Å². The fourth-order valence-electron chi connectivity index (χ4n) is 5.21. The number of rotatable bonds is 10. The molecule has 3 unspecified atom stereocenters. The molecule has 3 fully saturated rings. The molecule has 210 valence electrons. The van der Waals surface area contributed by atoms with E-state index >= 15 is 0 Å². The molecule has 0 aromatic rings. The molecule has 3 aliphatic rings. The summed E-state index contributed by atoms with van der Waals surface area (Å²) in [5.41, 5.74) is -0.567. The van der Waals surface area contributed by atoms with Gasteiger partial charge in [0.2, 0.25) is 12.2 Å². The molecule has 0 bridgehead atoms. The van der Waals surface area contributed by atoms with Gasteiger partial charge in [-0.15, -0.1) is 0 Å². The van der Waals surface area contributed by atoms with E-state index in [0.29, 0.717) is 6.92 Å². The van der Waals surface area contributed by atoms with Gasteiger partial charge in [-0.3, -0.25) is 14.1 Å². The van der Waals surface area contributed by atoms with Crippen LogP contribution in [0.25, 0.3) is 0 Å². The Balaban J connectivity index is 1.47. The highest BCUT2D eigenvalue weighted by Gasteiger charge is 2.52. The zero-order valence-corrected chi connectivity index (χ0v) is 21.3. The number of halogens is 2. The zero-order valence-electron chi connectivity index (χ0n) is 20.5. The van der Waals surface area contributed by atoms with E-state index in [1.165, 1.54) is 0 Å². The maximum atomic E-state index is 13.5. The first-order chi connectivity index (χ1) is 17.2. The van der Waals surface area contributed by atoms with Gasteiger partial charge in [0.15, 0.2) is 6.10 Å². The normalized spacial score (nSPS) is 25.2. The standard InChI is InChI=1S/C23H32F2O11S/c1-14(23(24,25)37(30,31)32)33-18(26)9-10-19(27)34-16-13-17(35-20(16)28)21(29)36-22(11-5-6-12-22)15-7-3-2-4-8-15/h14-17H,2-13H2,1H3,(H,30,31,32). The predicted octanol–water partition coefficient (Wildman–Crippen LogP) is 2.84. The number of carbonyl (C=O) groups is 4. The Morgan fingerprint density at radius 3 is 2.27 bits per heavy atom. The van der Waals surface area contributed by atoms with Crippen molar-refractivity contribution in [1.29, 1.82) is 0 Å². The Hall–Kier alpha value is -2.35. The van der Waals surface area contributed by atoms with Gasteiger partial charge in [-0.1, -0.05) is 19.3 Å². The lowest BCUT2D eigenvalue weighted by Gasteiger charge is -2.39. The van der Waals surface area contributed by atoms with Crippen LogP contribution in [0.4, 0.5) is 8.78 Å². The number of carbonyl (C=O) groups excluding carboxylic acids is 4. The van der Waals surface area contributed by atoms with Crippen molar-refractivity contribution in [3.05, 3.63) is 0 Å². The summed E-state index contributed by atoms with van der Waals surface area (Å²) in [7, 11) is -5.82. The Bertz CT molecular complexity index is 985. The predicted molar refractivity (Wildman–Crippen MR) is 120 cm³/mol. The number of hydrogen-bond acceptors (Lipinski definition) is 10. The van der Waals surface area contributed by atoms with Crippen LogP contribution in [-0.2, 0) is 48.2 Å². The third-order valence-corrected chi connectivity index (χ3v) is 8.27. The van der Waals surface area contributed by atoms with Gasteiger partial charge in [-0.25, -0.2) is 9.59 Å². The number of ether oxygens (including phenoxy) is 4. The molecular weight excluding hydrogens is 522 g/mol. The number of esters is 4. The van der Waals surface area contributed by atoms with Gasteiger partial charge in [-0.2, -0.15) is 17.2 Å². The zero-order chi connectivity index (χ0) is 27.4. The summed E-state index contributed by atoms with van der Waals surface area (Å²) >= 11 is 0. The minimum absolute atomic E-state index is 0.258. The Morgan fingerprint density at radius 1 is 1.08 bits per heavy atom. The van der Waals surface area contributed by atoms with Crippen LogP contribution in [0.2, 0.25) is 0 Å². The van der Waals surface area contributed by atoms with Crippen molar-refractivity contribution in [2.45, 2.75) is 113 Å². The van der Waals surface area contributed by atoms with Gasteiger partial charge >= 0.3 is 39.2 Å². The average molecular weight is 555 g/mol. The summed E-state index contributed by atoms with van der Waals surface area (Å²) < 4.78 is 77.1. The van der Waals surface area contributed by atoms with E-state index in [0.717, 1.165) is 57.8 Å². The lowest BCUT2D eigenvalue weighted by Crippen LogP contribution is -2.43. The third-order valence-electron chi connectivity index (χ3n) is 7.25. The molecule has 1 N–H and O–H groups in total. The van der Waals surface area contributed by atoms with Crippen LogP contribution in [0.15, 0.2) is 0 Å². The minimum atomic E-state index is -5.82. The van der Waals surface area contributed by atoms with E-state index in [-0.39, 0.29) is 12.3 Å². The lowest BCUT2D eigenvalue weighted by molar-refractivity contribution is -0.181. The third kappa shape index (κ3) is 6.95. The number of alkyl halides is 2. The Morgan fingerprint density at radius 2 is 1.68 bits per heavy atom. The van der Waals surface area contributed by atoms with Crippen molar-refractivity contribution in [2.24, 2.45) is 5.92 Å². The summed E-state index contributed by atoms with van der Waals surface area (Å²) in [6.07, 6.45) is 1.83. The van der Waals surface area contributed by atoms with E-state index in [4.69, 9.17) is 18.8 Å². The van der Waals surface area contributed by atoms with E-state index in [2.05, 4.69) is 4.74 Å². The average Bonchev–Trinajstić information content (AvgIpc) is 3.45. The van der Waals surface area contributed by atoms with Crippen molar-refractivity contribution in [3.63, 3.8) is 0 Å². The van der Waals surface area contributed by atoms with Crippen LogP contribution in [0, 0.1) is 5.92 Å². The van der Waals surface area contributed by atoms with Crippen molar-refractivity contribution in [3.8, 4) is 0 Å². The molecule has 2 aliphatic carbocycles. The lowest BCUT2D eigenvalue weighted by atomic mass is 9.75. The highest BCUT2D eigenvalue weighted by atomic mass is 32.2. The summed E-state index contributed by atoms with van der Waals surface area (Å²) in [5.74, 6) is -3.78. The van der Waals surface area contributed by atoms with Gasteiger partial charge in [0, 0.05) is 6.42 Å². The van der Waals surface area contributed by atoms with Gasteiger partial charge in [0.1, 0.15) is 5.60 Å². The van der Waals surface area contributed by atoms with Gasteiger partial charge in [-0.05, 0) is 51.4 Å². The molecule has 0 amide bonds. The van der Waals surface area contributed by atoms with E-state index in [1.807, 2.05) is 0 Å². The second-order valence-corrected chi connectivity index (χ2v) is 11.3. The number of cyclic esters (lactones) is 1. The summed E-state index contributed by atoms with van der Waals surface area (Å²) in [6.45, 7) is 0.557. The maximum Gasteiger partial charge on any atom is 0.405 e. The van der Waals surface area contributed by atoms with Crippen LogP contribution in [-0.4, -0.2) is 66.0 Å². The summed E-state index contributed by atoms with van der Waals surface area (Å²) in [6, 6.07) is 0. The minimum Gasteiger partial charge on any atom is -0.456 e. The molecule has 0 spiro atoms. The first kappa shape index (κ1) is 29.2. The summed E-state index contributed by atoms with van der Waals surface area (Å²) in [4.78, 5) is 48.8. The fraction of sp³-hybridized carbons (Fsp3) is 0.826. The molecule has 37 heavy (non-hydrogen) atoms. The fourth-order valence-corrected chi connectivity index (χ4v) is 5.68. The Labute approximate surface area is 213 Å². The van der Waals surface area contributed by atoms with E-state index < -0.39 is 76.0 Å². The van der Waals surface area contributed by atoms with Crippen LogP contribution >= 0.6 is 0 Å². The topological polar surface area (TPSA) is 160 Å². The van der Waals surface area contributed by atoms with Gasteiger partial charge < -0.3 is 18.9 Å². The molecule has 3 atom stereocenters. The van der Waals surface area contributed by atoms with E-state index in [1.54, 1.807) is 0 Å². The molecule has 11 nitrogen and oxygen atoms in total. The van der Waals surface area contributed by atoms with E-state index in [9.17, 15) is 36.4 Å². The highest BCUT2D eigenvalue weighted by molar-refractivity contribution is 7.86. The maximum absolute atomic E-state index is 13.5. The molecule has 1 saturated heterocycles. The van der Waals surface area contributed by atoms with Gasteiger partial charge in [0.25, 0.3) is 0 Å². The molecule has 3 rings (SSSR count). The Kier molecular flexibility index (Phi) is 9.14. The molecule has 1 aliphatic heterocycles. The molecule has 0 aromatic heterocycles. The van der Waals surface area contributed by atoms with Gasteiger partial charge in [0.05, 0.1) is 12.8 Å². The SMILES string of the molecule is CC(OC(=O)CCC(=O)OC1CC(C(=O)OC2(C3CCCCC3)CCCC2)OC1=O)C(F)(F)S(=O)(=O)O. The molecule has 0 radical (unpaired) electrons. The first-order valence-corrected chi connectivity index (χ1v) is 13.9. The monoisotopic (exact) mass is 554 g/mol. The van der Waals surface area contributed by atoms with Crippen LogP contribution in [0.3, 0.4) is 0 Å². The molecular formula is C23H32F2O11S.